The summed E-state index contributed by atoms with van der Waals surface area (Å²) in [5.74, 6) is -4.07. The first kappa shape index (κ1) is 24.4. The van der Waals surface area contributed by atoms with Gasteiger partial charge in [0.05, 0.1) is 5.56 Å². The fraction of sp³-hybridized carbons (Fsp3) is 0.500. The van der Waals surface area contributed by atoms with Gasteiger partial charge < -0.3 is 4.74 Å². The number of rotatable bonds is 7. The monoisotopic (exact) mass is 462 g/mol. The van der Waals surface area contributed by atoms with Crippen molar-refractivity contribution in [3.63, 3.8) is 0 Å². The molecular formula is C24H25F7O. The van der Waals surface area contributed by atoms with Crippen molar-refractivity contribution < 1.29 is 35.5 Å². The molecule has 1 fully saturated rings. The van der Waals surface area contributed by atoms with E-state index in [0.29, 0.717) is 5.92 Å². The Morgan fingerprint density at radius 2 is 1.44 bits per heavy atom. The normalized spacial score (nSPS) is 19.8. The zero-order chi connectivity index (χ0) is 23.5. The Morgan fingerprint density at radius 3 is 1.94 bits per heavy atom. The van der Waals surface area contributed by atoms with E-state index in [1.54, 1.807) is 12.1 Å². The van der Waals surface area contributed by atoms with Crippen LogP contribution in [0.4, 0.5) is 30.7 Å². The number of hydrogen-bond acceptors (Lipinski definition) is 1. The average Bonchev–Trinajstić information content (AvgIpc) is 2.71. The Hall–Kier alpha value is -2.25. The third-order valence-electron chi connectivity index (χ3n) is 6.08. The lowest BCUT2D eigenvalue weighted by atomic mass is 9.77. The van der Waals surface area contributed by atoms with Crippen molar-refractivity contribution in [3.05, 3.63) is 64.7 Å². The summed E-state index contributed by atoms with van der Waals surface area (Å²) in [6, 6.07) is 5.72. The zero-order valence-electron chi connectivity index (χ0n) is 17.6. The van der Waals surface area contributed by atoms with E-state index in [4.69, 9.17) is 0 Å². The maximum absolute atomic E-state index is 14.5. The molecule has 0 unspecified atom stereocenters. The molecule has 0 heterocycles. The molecule has 0 aromatic heterocycles. The predicted octanol–water partition coefficient (Wildman–Crippen LogP) is 8.58. The van der Waals surface area contributed by atoms with Crippen LogP contribution in [0.3, 0.4) is 0 Å². The lowest BCUT2D eigenvalue weighted by Crippen LogP contribution is -2.22. The smallest absolute Gasteiger partial charge is 0.426 e. The van der Waals surface area contributed by atoms with Crippen LogP contribution in [0.5, 0.6) is 5.75 Å². The minimum Gasteiger partial charge on any atom is -0.429 e. The Balaban J connectivity index is 1.68. The SMILES string of the molecule is CCCC[C@H]1CC[C@H](c2ccc(C(F)(F)Oc3cc(F)c(C(F)(F)F)c(F)c3)cc2)CC1. The van der Waals surface area contributed by atoms with Crippen LogP contribution in [-0.2, 0) is 12.3 Å². The van der Waals surface area contributed by atoms with E-state index >= 15 is 0 Å². The van der Waals surface area contributed by atoms with Crippen LogP contribution in [0.2, 0.25) is 0 Å². The number of ether oxygens (including phenoxy) is 1. The van der Waals surface area contributed by atoms with Gasteiger partial charge in [-0.2, -0.15) is 22.0 Å². The standard InChI is InChI=1S/C24H25F7O/c1-2-3-4-15-5-7-16(8-6-15)17-9-11-18(12-10-17)24(30,31)32-19-13-20(25)22(21(26)14-19)23(27,28)29/h9-16H,2-8H2,1H3/t15-,16-. The van der Waals surface area contributed by atoms with Crippen LogP contribution >= 0.6 is 0 Å². The Labute approximate surface area is 182 Å². The van der Waals surface area contributed by atoms with Gasteiger partial charge in [0.2, 0.25) is 0 Å². The fourth-order valence-corrected chi connectivity index (χ4v) is 4.31. The summed E-state index contributed by atoms with van der Waals surface area (Å²) in [7, 11) is 0. The largest absolute Gasteiger partial charge is 0.429 e. The molecule has 2 aromatic rings. The maximum Gasteiger partial charge on any atom is 0.426 e. The second-order valence-electron chi connectivity index (χ2n) is 8.36. The molecule has 8 heteroatoms. The molecule has 1 aliphatic carbocycles. The van der Waals surface area contributed by atoms with Crippen LogP contribution in [0.15, 0.2) is 36.4 Å². The zero-order valence-corrected chi connectivity index (χ0v) is 17.6. The van der Waals surface area contributed by atoms with E-state index in [1.807, 2.05) is 0 Å². The van der Waals surface area contributed by atoms with E-state index in [9.17, 15) is 30.7 Å². The average molecular weight is 462 g/mol. The van der Waals surface area contributed by atoms with Crippen molar-refractivity contribution in [1.29, 1.82) is 0 Å². The highest BCUT2D eigenvalue weighted by atomic mass is 19.4. The van der Waals surface area contributed by atoms with Crippen molar-refractivity contribution in [2.75, 3.05) is 0 Å². The van der Waals surface area contributed by atoms with Crippen molar-refractivity contribution in [2.45, 2.75) is 70.1 Å². The second kappa shape index (κ2) is 9.71. The minimum absolute atomic E-state index is 0.102. The lowest BCUT2D eigenvalue weighted by Gasteiger charge is -2.29. The number of benzene rings is 2. The summed E-state index contributed by atoms with van der Waals surface area (Å²) in [5.41, 5.74) is -1.77. The number of alkyl halides is 5. The highest BCUT2D eigenvalue weighted by Crippen LogP contribution is 2.40. The number of hydrogen-bond donors (Lipinski definition) is 0. The van der Waals surface area contributed by atoms with E-state index in [0.717, 1.165) is 31.2 Å². The molecule has 1 nitrogen and oxygen atoms in total. The quantitative estimate of drug-likeness (QED) is 0.375. The molecule has 0 bridgehead atoms. The second-order valence-corrected chi connectivity index (χ2v) is 8.36. The van der Waals surface area contributed by atoms with Gasteiger partial charge in [0.25, 0.3) is 0 Å². The third-order valence-corrected chi connectivity index (χ3v) is 6.08. The summed E-state index contributed by atoms with van der Waals surface area (Å²) in [5, 5.41) is 0. The van der Waals surface area contributed by atoms with Gasteiger partial charge in [-0.25, -0.2) is 8.78 Å². The molecule has 3 rings (SSSR count). The molecule has 2 aromatic carbocycles. The van der Waals surface area contributed by atoms with Crippen molar-refractivity contribution in [3.8, 4) is 5.75 Å². The number of halogens is 7. The summed E-state index contributed by atoms with van der Waals surface area (Å²) >= 11 is 0. The molecule has 1 aliphatic rings. The fourth-order valence-electron chi connectivity index (χ4n) is 4.31. The number of unbranched alkanes of at least 4 members (excludes halogenated alkanes) is 1. The maximum atomic E-state index is 14.5. The molecule has 0 spiro atoms. The first-order chi connectivity index (χ1) is 15.0. The van der Waals surface area contributed by atoms with Gasteiger partial charge in [0.15, 0.2) is 0 Å². The van der Waals surface area contributed by atoms with E-state index in [2.05, 4.69) is 11.7 Å². The first-order valence-corrected chi connectivity index (χ1v) is 10.7. The Bertz CT molecular complexity index is 875. The molecule has 0 amide bonds. The Morgan fingerprint density at radius 1 is 0.875 bits per heavy atom. The third kappa shape index (κ3) is 5.75. The van der Waals surface area contributed by atoms with E-state index in [-0.39, 0.29) is 18.1 Å². The molecule has 176 valence electrons. The van der Waals surface area contributed by atoms with Crippen LogP contribution in [0.1, 0.15) is 74.5 Å². The minimum atomic E-state index is -5.29. The molecule has 1 saturated carbocycles. The van der Waals surface area contributed by atoms with Gasteiger partial charge in [-0.1, -0.05) is 38.3 Å². The van der Waals surface area contributed by atoms with E-state index < -0.39 is 40.8 Å². The molecule has 0 N–H and O–H groups in total. The molecule has 0 atom stereocenters. The highest BCUT2D eigenvalue weighted by molar-refractivity contribution is 5.34. The van der Waals surface area contributed by atoms with Crippen LogP contribution in [-0.4, -0.2) is 0 Å². The van der Waals surface area contributed by atoms with Gasteiger partial charge in [-0.15, -0.1) is 0 Å². The topological polar surface area (TPSA) is 9.23 Å². The Kier molecular flexibility index (Phi) is 7.40. The molecule has 0 saturated heterocycles. The van der Waals surface area contributed by atoms with Crippen molar-refractivity contribution >= 4 is 0 Å². The van der Waals surface area contributed by atoms with Gasteiger partial charge >= 0.3 is 12.3 Å². The lowest BCUT2D eigenvalue weighted by molar-refractivity contribution is -0.185. The predicted molar refractivity (Wildman–Crippen MR) is 107 cm³/mol. The summed E-state index contributed by atoms with van der Waals surface area (Å²) < 4.78 is 98.6. The van der Waals surface area contributed by atoms with Crippen LogP contribution < -0.4 is 4.74 Å². The highest BCUT2D eigenvalue weighted by Gasteiger charge is 2.40. The molecule has 0 radical (unpaired) electrons. The molecule has 32 heavy (non-hydrogen) atoms. The van der Waals surface area contributed by atoms with Crippen molar-refractivity contribution in [2.24, 2.45) is 5.92 Å². The van der Waals surface area contributed by atoms with Gasteiger partial charge in [0.1, 0.15) is 22.9 Å². The first-order valence-electron chi connectivity index (χ1n) is 10.7. The summed E-state index contributed by atoms with van der Waals surface area (Å²) in [4.78, 5) is 0. The van der Waals surface area contributed by atoms with Crippen LogP contribution in [0.25, 0.3) is 0 Å². The van der Waals surface area contributed by atoms with E-state index in [1.165, 1.54) is 31.4 Å². The van der Waals surface area contributed by atoms with Crippen molar-refractivity contribution in [1.82, 2.24) is 0 Å². The van der Waals surface area contributed by atoms with Crippen LogP contribution in [0, 0.1) is 17.6 Å². The molecule has 0 aliphatic heterocycles. The summed E-state index contributed by atoms with van der Waals surface area (Å²) in [6.07, 6.45) is -1.47. The van der Waals surface area contributed by atoms with Gasteiger partial charge in [-0.05, 0) is 55.2 Å². The van der Waals surface area contributed by atoms with Gasteiger partial charge in [0, 0.05) is 12.1 Å². The summed E-state index contributed by atoms with van der Waals surface area (Å²) in [6.45, 7) is 2.16. The molecular weight excluding hydrogens is 437 g/mol. The van der Waals surface area contributed by atoms with Gasteiger partial charge in [-0.3, -0.25) is 0 Å².